The summed E-state index contributed by atoms with van der Waals surface area (Å²) >= 11 is 0. The molecule has 1 aromatic carbocycles. The van der Waals surface area contributed by atoms with Crippen molar-refractivity contribution in [3.05, 3.63) is 35.4 Å². The Morgan fingerprint density at radius 2 is 2.28 bits per heavy atom. The quantitative estimate of drug-likeness (QED) is 0.819. The van der Waals surface area contributed by atoms with Crippen LogP contribution >= 0.6 is 0 Å². The van der Waals surface area contributed by atoms with Crippen molar-refractivity contribution in [3.63, 3.8) is 0 Å². The van der Waals surface area contributed by atoms with Gasteiger partial charge in [0.25, 0.3) is 5.91 Å². The van der Waals surface area contributed by atoms with Crippen LogP contribution in [0.5, 0.6) is 0 Å². The van der Waals surface area contributed by atoms with Crippen molar-refractivity contribution >= 4 is 5.91 Å². The molecule has 1 amide bonds. The van der Waals surface area contributed by atoms with Crippen molar-refractivity contribution in [1.29, 1.82) is 0 Å². The number of amides is 1. The fraction of sp³-hybridized carbons (Fsp3) is 0.500. The zero-order valence-electron chi connectivity index (χ0n) is 10.5. The highest BCUT2D eigenvalue weighted by Gasteiger charge is 2.38. The first kappa shape index (κ1) is 11.7. The van der Waals surface area contributed by atoms with Gasteiger partial charge in [-0.1, -0.05) is 18.2 Å². The van der Waals surface area contributed by atoms with Gasteiger partial charge in [-0.05, 0) is 18.9 Å². The monoisotopic (exact) mass is 247 g/mol. The van der Waals surface area contributed by atoms with Gasteiger partial charge >= 0.3 is 0 Å². The van der Waals surface area contributed by atoms with Crippen LogP contribution in [0, 0.1) is 0 Å². The summed E-state index contributed by atoms with van der Waals surface area (Å²) in [5.41, 5.74) is 1.71. The standard InChI is InChI=1S/C14H17NO3/c1-17-14-12-7-3-2-6-11(12)13(16)15(14)9-10-5-4-8-18-10/h2-3,6-7,10,14H,4-5,8-9H2,1H3/t10-,14-/m1/s1. The van der Waals surface area contributed by atoms with Crippen molar-refractivity contribution in [2.24, 2.45) is 0 Å². The second-order valence-corrected chi connectivity index (χ2v) is 4.77. The summed E-state index contributed by atoms with van der Waals surface area (Å²) in [5, 5.41) is 0. The first-order chi connectivity index (χ1) is 8.81. The third kappa shape index (κ3) is 1.82. The second kappa shape index (κ2) is 4.71. The average molecular weight is 247 g/mol. The minimum atomic E-state index is -0.266. The average Bonchev–Trinajstić information content (AvgIpc) is 2.99. The number of hydrogen-bond donors (Lipinski definition) is 0. The Balaban J connectivity index is 1.85. The summed E-state index contributed by atoms with van der Waals surface area (Å²) in [5.74, 6) is 0.0490. The summed E-state index contributed by atoms with van der Waals surface area (Å²) in [6, 6.07) is 7.64. The van der Waals surface area contributed by atoms with E-state index in [1.54, 1.807) is 12.0 Å². The molecule has 0 bridgehead atoms. The van der Waals surface area contributed by atoms with E-state index < -0.39 is 0 Å². The third-order valence-electron chi connectivity index (χ3n) is 3.65. The van der Waals surface area contributed by atoms with E-state index in [4.69, 9.17) is 9.47 Å². The molecule has 0 radical (unpaired) electrons. The maximum Gasteiger partial charge on any atom is 0.256 e. The molecule has 0 saturated carbocycles. The number of rotatable bonds is 3. The summed E-state index contributed by atoms with van der Waals surface area (Å²) in [7, 11) is 1.64. The van der Waals surface area contributed by atoms with Gasteiger partial charge in [-0.25, -0.2) is 0 Å². The van der Waals surface area contributed by atoms with Crippen LogP contribution in [0.25, 0.3) is 0 Å². The molecule has 0 N–H and O–H groups in total. The molecule has 4 heteroatoms. The molecule has 2 aliphatic heterocycles. The van der Waals surface area contributed by atoms with Crippen molar-refractivity contribution in [2.75, 3.05) is 20.3 Å². The lowest BCUT2D eigenvalue weighted by Gasteiger charge is -2.26. The molecule has 0 spiro atoms. The molecule has 2 heterocycles. The number of methoxy groups -OCH3 is 1. The van der Waals surface area contributed by atoms with Crippen LogP contribution in [-0.2, 0) is 9.47 Å². The minimum absolute atomic E-state index is 0.0490. The Morgan fingerprint density at radius 1 is 1.44 bits per heavy atom. The Labute approximate surface area is 106 Å². The van der Waals surface area contributed by atoms with Crippen molar-refractivity contribution in [1.82, 2.24) is 4.90 Å². The molecule has 2 atom stereocenters. The van der Waals surface area contributed by atoms with Crippen molar-refractivity contribution < 1.29 is 14.3 Å². The molecule has 96 valence electrons. The molecule has 1 saturated heterocycles. The lowest BCUT2D eigenvalue weighted by atomic mass is 10.1. The number of carbonyl (C=O) groups is 1. The molecule has 2 aliphatic rings. The van der Waals surface area contributed by atoms with E-state index in [0.717, 1.165) is 30.6 Å². The molecule has 1 fully saturated rings. The van der Waals surface area contributed by atoms with Crippen molar-refractivity contribution in [2.45, 2.75) is 25.2 Å². The number of hydrogen-bond acceptors (Lipinski definition) is 3. The Kier molecular flexibility index (Phi) is 3.06. The van der Waals surface area contributed by atoms with Crippen LogP contribution in [0.15, 0.2) is 24.3 Å². The van der Waals surface area contributed by atoms with Gasteiger partial charge in [0.1, 0.15) is 0 Å². The van der Waals surface area contributed by atoms with E-state index >= 15 is 0 Å². The van der Waals surface area contributed by atoms with E-state index in [0.29, 0.717) is 6.54 Å². The topological polar surface area (TPSA) is 38.8 Å². The zero-order chi connectivity index (χ0) is 12.5. The van der Waals surface area contributed by atoms with Crippen molar-refractivity contribution in [3.8, 4) is 0 Å². The van der Waals surface area contributed by atoms with E-state index in [-0.39, 0.29) is 18.2 Å². The number of ether oxygens (including phenoxy) is 2. The third-order valence-corrected chi connectivity index (χ3v) is 3.65. The fourth-order valence-electron chi connectivity index (χ4n) is 2.78. The first-order valence-corrected chi connectivity index (χ1v) is 6.35. The predicted octanol–water partition coefficient (Wildman–Crippen LogP) is 1.97. The lowest BCUT2D eigenvalue weighted by molar-refractivity contribution is -0.0327. The first-order valence-electron chi connectivity index (χ1n) is 6.35. The van der Waals surface area contributed by atoms with Crippen LogP contribution in [0.2, 0.25) is 0 Å². The van der Waals surface area contributed by atoms with E-state index in [1.807, 2.05) is 24.3 Å². The summed E-state index contributed by atoms with van der Waals surface area (Å²) < 4.78 is 11.1. The normalized spacial score (nSPS) is 26.7. The van der Waals surface area contributed by atoms with Gasteiger partial charge in [0, 0.05) is 24.8 Å². The van der Waals surface area contributed by atoms with Crippen LogP contribution in [0.4, 0.5) is 0 Å². The van der Waals surface area contributed by atoms with Gasteiger partial charge in [-0.3, -0.25) is 4.79 Å². The molecule has 0 unspecified atom stereocenters. The van der Waals surface area contributed by atoms with Gasteiger partial charge in [0.2, 0.25) is 0 Å². The molecule has 0 aliphatic carbocycles. The number of fused-ring (bicyclic) bond motifs is 1. The van der Waals surface area contributed by atoms with Gasteiger partial charge in [0.05, 0.1) is 12.6 Å². The Hall–Kier alpha value is -1.39. The fourth-order valence-corrected chi connectivity index (χ4v) is 2.78. The molecule has 18 heavy (non-hydrogen) atoms. The summed E-state index contributed by atoms with van der Waals surface area (Å²) in [6.45, 7) is 1.42. The largest absolute Gasteiger partial charge is 0.376 e. The maximum absolute atomic E-state index is 12.3. The maximum atomic E-state index is 12.3. The minimum Gasteiger partial charge on any atom is -0.376 e. The molecule has 4 nitrogen and oxygen atoms in total. The number of nitrogens with zero attached hydrogens (tertiary/aromatic N) is 1. The molecular weight excluding hydrogens is 230 g/mol. The molecule has 3 rings (SSSR count). The van der Waals surface area contributed by atoms with E-state index in [2.05, 4.69) is 0 Å². The summed E-state index contributed by atoms with van der Waals surface area (Å²) in [4.78, 5) is 14.1. The second-order valence-electron chi connectivity index (χ2n) is 4.77. The molecule has 1 aromatic rings. The zero-order valence-corrected chi connectivity index (χ0v) is 10.5. The van der Waals surface area contributed by atoms with Gasteiger partial charge in [0.15, 0.2) is 6.23 Å². The summed E-state index contributed by atoms with van der Waals surface area (Å²) in [6.07, 6.45) is 1.99. The smallest absolute Gasteiger partial charge is 0.256 e. The van der Waals surface area contributed by atoms with Crippen LogP contribution in [-0.4, -0.2) is 37.2 Å². The highest BCUT2D eigenvalue weighted by Crippen LogP contribution is 2.34. The van der Waals surface area contributed by atoms with E-state index in [1.165, 1.54) is 0 Å². The van der Waals surface area contributed by atoms with Crippen LogP contribution < -0.4 is 0 Å². The van der Waals surface area contributed by atoms with Crippen LogP contribution in [0.3, 0.4) is 0 Å². The Morgan fingerprint density at radius 3 is 3.00 bits per heavy atom. The highest BCUT2D eigenvalue weighted by molar-refractivity contribution is 5.98. The molecular formula is C14H17NO3. The van der Waals surface area contributed by atoms with Gasteiger partial charge in [-0.2, -0.15) is 0 Å². The van der Waals surface area contributed by atoms with E-state index in [9.17, 15) is 4.79 Å². The molecule has 0 aromatic heterocycles. The Bertz CT molecular complexity index is 454. The SMILES string of the molecule is CO[C@@H]1c2ccccc2C(=O)N1C[C@H]1CCCO1. The lowest BCUT2D eigenvalue weighted by Crippen LogP contribution is -2.35. The predicted molar refractivity (Wildman–Crippen MR) is 66.2 cm³/mol. The number of benzene rings is 1. The van der Waals surface area contributed by atoms with Gasteiger partial charge < -0.3 is 14.4 Å². The highest BCUT2D eigenvalue weighted by atomic mass is 16.5. The van der Waals surface area contributed by atoms with Crippen LogP contribution in [0.1, 0.15) is 35.0 Å². The number of carbonyl (C=O) groups excluding carboxylic acids is 1. The van der Waals surface area contributed by atoms with Gasteiger partial charge in [-0.15, -0.1) is 0 Å².